The third-order valence-electron chi connectivity index (χ3n) is 8.27. The molecule has 3 heteroatoms. The van der Waals surface area contributed by atoms with Crippen molar-refractivity contribution in [2.45, 2.75) is 65.9 Å². The average molecular weight is 373 g/mol. The Bertz CT molecular complexity index is 675. The molecule has 0 heterocycles. The minimum atomic E-state index is -0.423. The monoisotopic (exact) mass is 372 g/mol. The summed E-state index contributed by atoms with van der Waals surface area (Å²) < 4.78 is 0. The fraction of sp³-hybridized carbons (Fsp3) is 0.708. The van der Waals surface area contributed by atoms with Gasteiger partial charge in [-0.05, 0) is 66.6 Å². The van der Waals surface area contributed by atoms with Crippen LogP contribution in [0.2, 0.25) is 0 Å². The number of allylic oxidation sites excluding steroid dienone is 4. The van der Waals surface area contributed by atoms with E-state index in [2.05, 4.69) is 40.3 Å². The van der Waals surface area contributed by atoms with E-state index >= 15 is 0 Å². The summed E-state index contributed by atoms with van der Waals surface area (Å²) in [5.41, 5.74) is 1.69. The van der Waals surface area contributed by atoms with Crippen LogP contribution in [-0.4, -0.2) is 28.7 Å². The van der Waals surface area contributed by atoms with Gasteiger partial charge < -0.3 is 10.2 Å². The molecule has 0 aliphatic heterocycles. The van der Waals surface area contributed by atoms with Crippen molar-refractivity contribution in [3.05, 3.63) is 36.0 Å². The number of hydrogen-bond acceptors (Lipinski definition) is 3. The molecule has 0 spiro atoms. The Balaban J connectivity index is 1.98. The van der Waals surface area contributed by atoms with Crippen molar-refractivity contribution in [2.75, 3.05) is 6.61 Å². The molecule has 3 aliphatic rings. The molecule has 2 saturated carbocycles. The molecule has 150 valence electrons. The van der Waals surface area contributed by atoms with Crippen LogP contribution in [0.1, 0.15) is 59.8 Å². The minimum absolute atomic E-state index is 0.0102. The SMILES string of the molecule is C=C(CO)C1(C)CCCC2CC(C)C3=CC(=O)C=CC3(C)C2C(O)CC1C. The first-order chi connectivity index (χ1) is 12.6. The van der Waals surface area contributed by atoms with Gasteiger partial charge in [0.2, 0.25) is 0 Å². The fourth-order valence-corrected chi connectivity index (χ4v) is 6.37. The second kappa shape index (κ2) is 7.33. The molecule has 0 saturated heterocycles. The Hall–Kier alpha value is -1.19. The van der Waals surface area contributed by atoms with Crippen molar-refractivity contribution in [2.24, 2.45) is 34.5 Å². The standard InChI is InChI=1S/C24H36O3/c1-15-11-18-7-6-9-23(4,17(3)14-25)16(2)12-21(27)22(18)24(5)10-8-19(26)13-20(15)24/h8,10,13,15-16,18,21-22,25,27H,3,6-7,9,11-12,14H2,1-2,4-5H3. The number of ketones is 1. The summed E-state index contributed by atoms with van der Waals surface area (Å²) in [6.07, 6.45) is 10.1. The first-order valence-electron chi connectivity index (χ1n) is 10.6. The smallest absolute Gasteiger partial charge is 0.178 e. The summed E-state index contributed by atoms with van der Waals surface area (Å²) in [6, 6.07) is 0. The van der Waals surface area contributed by atoms with Gasteiger partial charge in [0.15, 0.2) is 5.78 Å². The molecule has 2 fully saturated rings. The van der Waals surface area contributed by atoms with Crippen molar-refractivity contribution >= 4 is 5.78 Å². The van der Waals surface area contributed by atoms with Crippen LogP contribution in [0.4, 0.5) is 0 Å². The number of hydrogen-bond donors (Lipinski definition) is 2. The predicted octanol–water partition coefficient (Wildman–Crippen LogP) is 4.46. The van der Waals surface area contributed by atoms with Gasteiger partial charge in [-0.2, -0.15) is 0 Å². The summed E-state index contributed by atoms with van der Waals surface area (Å²) in [4.78, 5) is 12.0. The van der Waals surface area contributed by atoms with E-state index in [1.165, 1.54) is 5.57 Å². The Labute approximate surface area is 164 Å². The highest BCUT2D eigenvalue weighted by Crippen LogP contribution is 2.57. The van der Waals surface area contributed by atoms with Gasteiger partial charge in [-0.1, -0.05) is 52.3 Å². The molecule has 7 atom stereocenters. The van der Waals surface area contributed by atoms with Crippen molar-refractivity contribution < 1.29 is 15.0 Å². The molecule has 3 rings (SSSR count). The van der Waals surface area contributed by atoms with E-state index in [4.69, 9.17) is 0 Å². The first kappa shape index (κ1) is 20.5. The van der Waals surface area contributed by atoms with Crippen molar-refractivity contribution in [1.82, 2.24) is 0 Å². The largest absolute Gasteiger partial charge is 0.393 e. The molecule has 0 radical (unpaired) electrons. The van der Waals surface area contributed by atoms with Gasteiger partial charge in [0, 0.05) is 11.3 Å². The molecule has 0 aromatic carbocycles. The van der Waals surface area contributed by atoms with Crippen LogP contribution >= 0.6 is 0 Å². The molecular weight excluding hydrogens is 336 g/mol. The Morgan fingerprint density at radius 2 is 2.00 bits per heavy atom. The second-order valence-corrected chi connectivity index (χ2v) is 9.82. The number of rotatable bonds is 2. The number of carbonyl (C=O) groups is 1. The van der Waals surface area contributed by atoms with Crippen molar-refractivity contribution in [1.29, 1.82) is 0 Å². The van der Waals surface area contributed by atoms with Crippen LogP contribution in [0.5, 0.6) is 0 Å². The second-order valence-electron chi connectivity index (χ2n) is 9.82. The highest BCUT2D eigenvalue weighted by molar-refractivity contribution is 6.01. The maximum absolute atomic E-state index is 12.0. The van der Waals surface area contributed by atoms with E-state index in [1.54, 1.807) is 6.08 Å². The molecule has 0 amide bonds. The summed E-state index contributed by atoms with van der Waals surface area (Å²) >= 11 is 0. The molecule has 7 unspecified atom stereocenters. The lowest BCUT2D eigenvalue weighted by molar-refractivity contribution is -0.111. The summed E-state index contributed by atoms with van der Waals surface area (Å²) in [5.74, 6) is 1.28. The zero-order chi connectivity index (χ0) is 20.0. The number of fused-ring (bicyclic) bond motifs is 3. The third kappa shape index (κ3) is 3.38. The zero-order valence-corrected chi connectivity index (χ0v) is 17.4. The van der Waals surface area contributed by atoms with E-state index in [9.17, 15) is 15.0 Å². The Morgan fingerprint density at radius 3 is 2.67 bits per heavy atom. The summed E-state index contributed by atoms with van der Waals surface area (Å²) in [7, 11) is 0. The van der Waals surface area contributed by atoms with Gasteiger partial charge in [0.1, 0.15) is 0 Å². The average Bonchev–Trinajstić information content (AvgIpc) is 2.65. The fourth-order valence-electron chi connectivity index (χ4n) is 6.37. The van der Waals surface area contributed by atoms with E-state index in [0.29, 0.717) is 18.3 Å². The molecule has 2 N–H and O–H groups in total. The number of aliphatic hydroxyl groups is 2. The number of aliphatic hydroxyl groups excluding tert-OH is 2. The zero-order valence-electron chi connectivity index (χ0n) is 17.4. The minimum Gasteiger partial charge on any atom is -0.393 e. The summed E-state index contributed by atoms with van der Waals surface area (Å²) in [6.45, 7) is 13.0. The molecule has 0 bridgehead atoms. The van der Waals surface area contributed by atoms with Crippen LogP contribution < -0.4 is 0 Å². The van der Waals surface area contributed by atoms with Gasteiger partial charge in [-0.25, -0.2) is 0 Å². The molecular formula is C24H36O3. The van der Waals surface area contributed by atoms with Crippen LogP contribution in [0, 0.1) is 34.5 Å². The Morgan fingerprint density at radius 1 is 1.30 bits per heavy atom. The lowest BCUT2D eigenvalue weighted by Gasteiger charge is -2.52. The summed E-state index contributed by atoms with van der Waals surface area (Å²) in [5, 5.41) is 21.1. The Kier molecular flexibility index (Phi) is 5.58. The normalized spacial score (nSPS) is 45.0. The van der Waals surface area contributed by atoms with Gasteiger partial charge in [-0.3, -0.25) is 4.79 Å². The highest BCUT2D eigenvalue weighted by Gasteiger charge is 2.51. The molecule has 3 aliphatic carbocycles. The predicted molar refractivity (Wildman–Crippen MR) is 109 cm³/mol. The number of carbonyl (C=O) groups excluding carboxylic acids is 1. The maximum Gasteiger partial charge on any atom is 0.178 e. The van der Waals surface area contributed by atoms with Crippen LogP contribution in [-0.2, 0) is 4.79 Å². The van der Waals surface area contributed by atoms with Gasteiger partial charge in [0.25, 0.3) is 0 Å². The van der Waals surface area contributed by atoms with Gasteiger partial charge in [-0.15, -0.1) is 0 Å². The quantitative estimate of drug-likeness (QED) is 0.704. The van der Waals surface area contributed by atoms with Crippen LogP contribution in [0.25, 0.3) is 0 Å². The lowest BCUT2D eigenvalue weighted by atomic mass is 9.53. The molecule has 0 aromatic rings. The van der Waals surface area contributed by atoms with E-state index in [0.717, 1.165) is 31.3 Å². The highest BCUT2D eigenvalue weighted by atomic mass is 16.3. The molecule has 0 aromatic heterocycles. The van der Waals surface area contributed by atoms with E-state index in [1.807, 2.05) is 6.08 Å². The van der Waals surface area contributed by atoms with Crippen LogP contribution in [0.3, 0.4) is 0 Å². The van der Waals surface area contributed by atoms with Crippen molar-refractivity contribution in [3.63, 3.8) is 0 Å². The molecule has 3 nitrogen and oxygen atoms in total. The third-order valence-corrected chi connectivity index (χ3v) is 8.27. The van der Waals surface area contributed by atoms with Crippen LogP contribution in [0.15, 0.2) is 36.0 Å². The maximum atomic E-state index is 12.0. The van der Waals surface area contributed by atoms with Gasteiger partial charge in [0.05, 0.1) is 12.7 Å². The van der Waals surface area contributed by atoms with Gasteiger partial charge >= 0.3 is 0 Å². The lowest BCUT2D eigenvalue weighted by Crippen LogP contribution is -2.48. The van der Waals surface area contributed by atoms with E-state index in [-0.39, 0.29) is 35.1 Å². The molecule has 27 heavy (non-hydrogen) atoms. The van der Waals surface area contributed by atoms with E-state index < -0.39 is 6.10 Å². The first-order valence-corrected chi connectivity index (χ1v) is 10.6. The topological polar surface area (TPSA) is 57.5 Å². The van der Waals surface area contributed by atoms with Crippen molar-refractivity contribution in [3.8, 4) is 0 Å².